The van der Waals surface area contributed by atoms with Crippen molar-refractivity contribution in [2.24, 2.45) is 0 Å². The van der Waals surface area contributed by atoms with E-state index in [0.717, 1.165) is 11.3 Å². The number of aromatic amines is 1. The Morgan fingerprint density at radius 2 is 1.92 bits per heavy atom. The third kappa shape index (κ3) is 2.89. The van der Waals surface area contributed by atoms with Crippen LogP contribution in [0.1, 0.15) is 10.4 Å². The van der Waals surface area contributed by atoms with Crippen molar-refractivity contribution in [1.82, 2.24) is 9.97 Å². The molecule has 4 rings (SSSR count). The molecule has 0 radical (unpaired) electrons. The van der Waals surface area contributed by atoms with Crippen molar-refractivity contribution in [3.63, 3.8) is 0 Å². The molecule has 2 heterocycles. The van der Waals surface area contributed by atoms with Crippen molar-refractivity contribution in [1.29, 1.82) is 0 Å². The molecule has 0 bridgehead atoms. The fourth-order valence-electron chi connectivity index (χ4n) is 2.62. The molecule has 0 atom stereocenters. The molecule has 0 spiro atoms. The van der Waals surface area contributed by atoms with Crippen molar-refractivity contribution in [3.8, 4) is 11.3 Å². The van der Waals surface area contributed by atoms with Crippen molar-refractivity contribution in [2.45, 2.75) is 0 Å². The van der Waals surface area contributed by atoms with Crippen LogP contribution in [-0.2, 0) is 0 Å². The summed E-state index contributed by atoms with van der Waals surface area (Å²) in [5, 5.41) is 4.96. The second-order valence-corrected chi connectivity index (χ2v) is 6.41. The maximum atomic E-state index is 13.7. The number of nitrogens with zero attached hydrogens (tertiary/aromatic N) is 1. The van der Waals surface area contributed by atoms with Crippen molar-refractivity contribution in [3.05, 3.63) is 81.7 Å². The van der Waals surface area contributed by atoms with Crippen LogP contribution in [0, 0.1) is 5.82 Å². The lowest BCUT2D eigenvalue weighted by Gasteiger charge is -2.04. The number of fused-ring (bicyclic) bond motifs is 1. The number of nitrogens with one attached hydrogen (secondary N) is 2. The highest BCUT2D eigenvalue weighted by Crippen LogP contribution is 2.24. The average molecular weight is 365 g/mol. The van der Waals surface area contributed by atoms with Gasteiger partial charge in [0.2, 0.25) is 5.43 Å². The van der Waals surface area contributed by atoms with Gasteiger partial charge in [0.05, 0.1) is 11.2 Å². The number of amides is 1. The molecule has 4 aromatic rings. The van der Waals surface area contributed by atoms with E-state index in [1.54, 1.807) is 0 Å². The first-order valence-electron chi connectivity index (χ1n) is 7.75. The molecule has 7 heteroatoms. The molecule has 0 aliphatic carbocycles. The Hall–Kier alpha value is -3.32. The van der Waals surface area contributed by atoms with Gasteiger partial charge in [0.15, 0.2) is 5.13 Å². The summed E-state index contributed by atoms with van der Waals surface area (Å²) in [7, 11) is 0. The van der Waals surface area contributed by atoms with Gasteiger partial charge in [0.1, 0.15) is 11.4 Å². The molecule has 0 unspecified atom stereocenters. The van der Waals surface area contributed by atoms with Crippen molar-refractivity contribution < 1.29 is 9.18 Å². The lowest BCUT2D eigenvalue weighted by atomic mass is 10.1. The summed E-state index contributed by atoms with van der Waals surface area (Å²) in [6.45, 7) is 0. The molecule has 1 amide bonds. The summed E-state index contributed by atoms with van der Waals surface area (Å²) in [5.41, 5.74) is 1.12. The molecule has 2 aromatic heterocycles. The maximum absolute atomic E-state index is 13.7. The van der Waals surface area contributed by atoms with Gasteiger partial charge < -0.3 is 4.98 Å². The van der Waals surface area contributed by atoms with Crippen LogP contribution in [0.25, 0.3) is 22.2 Å². The lowest BCUT2D eigenvalue weighted by Crippen LogP contribution is -2.22. The van der Waals surface area contributed by atoms with Gasteiger partial charge in [-0.15, -0.1) is 11.3 Å². The number of para-hydroxylation sites is 1. The van der Waals surface area contributed by atoms with Gasteiger partial charge in [-0.25, -0.2) is 9.37 Å². The van der Waals surface area contributed by atoms with E-state index >= 15 is 0 Å². The van der Waals surface area contributed by atoms with Crippen LogP contribution in [0.15, 0.2) is 64.9 Å². The molecule has 0 aliphatic heterocycles. The summed E-state index contributed by atoms with van der Waals surface area (Å²) < 4.78 is 13.7. The number of hydrogen-bond acceptors (Lipinski definition) is 4. The van der Waals surface area contributed by atoms with Crippen LogP contribution in [0.5, 0.6) is 0 Å². The van der Waals surface area contributed by atoms with Gasteiger partial charge in [-0.05, 0) is 12.1 Å². The minimum absolute atomic E-state index is 0.0784. The van der Waals surface area contributed by atoms with E-state index in [-0.39, 0.29) is 16.5 Å². The van der Waals surface area contributed by atoms with E-state index in [0.29, 0.717) is 5.13 Å². The van der Waals surface area contributed by atoms with Gasteiger partial charge in [0.25, 0.3) is 5.91 Å². The molecule has 128 valence electrons. The van der Waals surface area contributed by atoms with Crippen molar-refractivity contribution in [2.75, 3.05) is 5.32 Å². The normalized spacial score (nSPS) is 10.8. The molecule has 5 nitrogen and oxygen atoms in total. The number of rotatable bonds is 3. The first-order chi connectivity index (χ1) is 12.6. The monoisotopic (exact) mass is 365 g/mol. The minimum atomic E-state index is -0.591. The SMILES string of the molecule is O=C(Nc1nc(-c2ccccc2)cs1)c1c[nH]c2c(F)cccc2c1=O. The minimum Gasteiger partial charge on any atom is -0.358 e. The third-order valence-corrected chi connectivity index (χ3v) is 4.66. The predicted octanol–water partition coefficient (Wildman–Crippen LogP) is 4.04. The van der Waals surface area contributed by atoms with E-state index in [1.807, 2.05) is 35.7 Å². The third-order valence-electron chi connectivity index (χ3n) is 3.90. The summed E-state index contributed by atoms with van der Waals surface area (Å²) in [6.07, 6.45) is 1.22. The molecule has 0 fully saturated rings. The molecule has 0 saturated carbocycles. The number of anilines is 1. The smallest absolute Gasteiger partial charge is 0.262 e. The number of benzene rings is 2. The van der Waals surface area contributed by atoms with Crippen LogP contribution in [0.3, 0.4) is 0 Å². The number of hydrogen-bond donors (Lipinski definition) is 2. The Balaban J connectivity index is 1.63. The molecule has 0 aliphatic rings. The average Bonchev–Trinajstić information content (AvgIpc) is 3.12. The quantitative estimate of drug-likeness (QED) is 0.575. The van der Waals surface area contributed by atoms with Gasteiger partial charge in [-0.2, -0.15) is 0 Å². The number of H-pyrrole nitrogens is 1. The highest BCUT2D eigenvalue weighted by atomic mass is 32.1. The number of carbonyl (C=O) groups is 1. The van der Waals surface area contributed by atoms with Gasteiger partial charge >= 0.3 is 0 Å². The highest BCUT2D eigenvalue weighted by Gasteiger charge is 2.16. The van der Waals surface area contributed by atoms with Crippen LogP contribution < -0.4 is 10.7 Å². The zero-order valence-electron chi connectivity index (χ0n) is 13.3. The van der Waals surface area contributed by atoms with E-state index < -0.39 is 17.2 Å². The molecule has 26 heavy (non-hydrogen) atoms. The van der Waals surface area contributed by atoms with E-state index in [9.17, 15) is 14.0 Å². The van der Waals surface area contributed by atoms with Crippen LogP contribution >= 0.6 is 11.3 Å². The van der Waals surface area contributed by atoms with E-state index in [2.05, 4.69) is 15.3 Å². The van der Waals surface area contributed by atoms with E-state index in [1.165, 1.54) is 35.7 Å². The number of aromatic nitrogens is 2. The first kappa shape index (κ1) is 16.2. The lowest BCUT2D eigenvalue weighted by molar-refractivity contribution is 0.102. The van der Waals surface area contributed by atoms with Gasteiger partial charge in [-0.3, -0.25) is 14.9 Å². The number of thiazole rings is 1. The van der Waals surface area contributed by atoms with Gasteiger partial charge in [-0.1, -0.05) is 36.4 Å². The Morgan fingerprint density at radius 1 is 1.12 bits per heavy atom. The molecule has 0 saturated heterocycles. The van der Waals surface area contributed by atoms with Gasteiger partial charge in [0, 0.05) is 22.5 Å². The fraction of sp³-hybridized carbons (Fsp3) is 0. The fourth-order valence-corrected chi connectivity index (χ4v) is 3.34. The van der Waals surface area contributed by atoms with Crippen LogP contribution in [0.4, 0.5) is 9.52 Å². The summed E-state index contributed by atoms with van der Waals surface area (Å²) in [6, 6.07) is 13.7. The molecular formula is C19H12FN3O2S. The zero-order valence-corrected chi connectivity index (χ0v) is 14.1. The highest BCUT2D eigenvalue weighted by molar-refractivity contribution is 7.14. The van der Waals surface area contributed by atoms with E-state index in [4.69, 9.17) is 0 Å². The Morgan fingerprint density at radius 3 is 2.73 bits per heavy atom. The van der Waals surface area contributed by atoms with Crippen LogP contribution in [0.2, 0.25) is 0 Å². The molecule has 2 aromatic carbocycles. The Labute approximate surface area is 151 Å². The Kier molecular flexibility index (Phi) is 4.06. The predicted molar refractivity (Wildman–Crippen MR) is 100 cm³/mol. The molecule has 2 N–H and O–H groups in total. The van der Waals surface area contributed by atoms with Crippen LogP contribution in [-0.4, -0.2) is 15.9 Å². The summed E-state index contributed by atoms with van der Waals surface area (Å²) >= 11 is 1.26. The zero-order chi connectivity index (χ0) is 18.1. The number of pyridine rings is 1. The second kappa shape index (κ2) is 6.53. The number of halogens is 1. The number of carbonyl (C=O) groups excluding carboxylic acids is 1. The summed E-state index contributed by atoms with van der Waals surface area (Å²) in [4.78, 5) is 32.0. The largest absolute Gasteiger partial charge is 0.358 e. The summed E-state index contributed by atoms with van der Waals surface area (Å²) in [5.74, 6) is -1.13. The standard InChI is InChI=1S/C19H12FN3O2S/c20-14-8-4-7-12-16(14)21-9-13(17(12)24)18(25)23-19-22-15(10-26-19)11-5-2-1-3-6-11/h1-10H,(H,21,24)(H,22,23,25). The first-order valence-corrected chi connectivity index (χ1v) is 8.63. The second-order valence-electron chi connectivity index (χ2n) is 5.55. The Bertz CT molecular complexity index is 1170. The molecular weight excluding hydrogens is 353 g/mol. The maximum Gasteiger partial charge on any atom is 0.262 e. The van der Waals surface area contributed by atoms with Crippen molar-refractivity contribution >= 4 is 33.3 Å². The topological polar surface area (TPSA) is 74.8 Å².